The van der Waals surface area contributed by atoms with Crippen molar-refractivity contribution in [3.63, 3.8) is 0 Å². The fourth-order valence-electron chi connectivity index (χ4n) is 17.5. The topological polar surface area (TPSA) is 452 Å². The van der Waals surface area contributed by atoms with Crippen molar-refractivity contribution in [3.8, 4) is 0 Å². The Kier molecular flexibility index (Phi) is 34.6. The number of amides is 10. The first-order valence-electron chi connectivity index (χ1n) is 42.2. The molecule has 1 aromatic rings. The van der Waals surface area contributed by atoms with Crippen molar-refractivity contribution < 1.29 is 129 Å². The van der Waals surface area contributed by atoms with Crippen LogP contribution in [0.25, 0.3) is 0 Å². The highest BCUT2D eigenvalue weighted by molar-refractivity contribution is 6.12. The number of unbranched alkanes of at least 4 members (excludes halogenated alkanes) is 2. The molecule has 0 aromatic heterocycles. The summed E-state index contributed by atoms with van der Waals surface area (Å²) in [5.74, 6) is -3.76. The fraction of sp³-hybridized carbons (Fsp3) is 0.735. The van der Waals surface area contributed by atoms with Crippen LogP contribution in [0.15, 0.2) is 60.7 Å². The van der Waals surface area contributed by atoms with Gasteiger partial charge in [0.15, 0.2) is 5.79 Å². The number of ketones is 1. The monoisotopic (exact) mass is 1680 g/mol. The van der Waals surface area contributed by atoms with Crippen molar-refractivity contribution >= 4 is 65.3 Å². The van der Waals surface area contributed by atoms with Gasteiger partial charge < -0.3 is 124 Å². The summed E-state index contributed by atoms with van der Waals surface area (Å²) >= 11 is 0. The van der Waals surface area contributed by atoms with Gasteiger partial charge in [0.25, 0.3) is 11.8 Å². The SMILES string of the molecule is C=C1C[C@@H]2CC[C@@]34CC5O[C@H]6[C@@H](O3)[C@H]3OC(CC[C@@H]3O[C@H]6[C@H]5O4)CC(=O)C[C@@H]3[C@@H](OC)[C@@H](C[C@H](O)CNC(=O)OCCOCCOCCOCCNC(=O)OCC(COC)NC(=O)OCc4ccc(NC(=O)[C@H](CCCNC(N)=O)NC(=O)[C@@H](NC(=O)CCCCCN5C(=O)C=CC5=O)C(C)C)cc4)O[C@H]3CC3O[C@@H](CCC1O2)C[C@@H](C)C3=C. The highest BCUT2D eigenvalue weighted by Gasteiger charge is 2.69. The third-order valence-corrected chi connectivity index (χ3v) is 23.7. The van der Waals surface area contributed by atoms with Crippen LogP contribution in [-0.2, 0) is 111 Å². The number of fused-ring (bicyclic) bond motifs is 6. The third kappa shape index (κ3) is 26.4. The van der Waals surface area contributed by atoms with Gasteiger partial charge in [0.05, 0.1) is 119 Å². The van der Waals surface area contributed by atoms with E-state index in [0.717, 1.165) is 48.2 Å². The van der Waals surface area contributed by atoms with Gasteiger partial charge in [-0.3, -0.25) is 33.7 Å². The first kappa shape index (κ1) is 91.9. The van der Waals surface area contributed by atoms with Crippen molar-refractivity contribution in [2.45, 2.75) is 271 Å². The number of primary amides is 1. The lowest BCUT2D eigenvalue weighted by molar-refractivity contribution is -0.292. The molecule has 11 aliphatic heterocycles. The number of methoxy groups -OCH3 is 2. The number of carbonyl (C=O) groups excluding carboxylic acids is 10. The Morgan fingerprint density at radius 1 is 0.639 bits per heavy atom. The van der Waals surface area contributed by atoms with Crippen LogP contribution in [0.3, 0.4) is 0 Å². The molecule has 10 N–H and O–H groups in total. The Morgan fingerprint density at radius 3 is 2.08 bits per heavy atom. The van der Waals surface area contributed by atoms with Crippen LogP contribution >= 0.6 is 0 Å². The standard InChI is InChI=1S/C83H123N9O27/c1-47(2)70(91-67(95)13-9-8-10-28-92-68(96)22-23-69(92)97)78(99)90-60(12-11-26-85-79(84)100)77(98)88-52-16-14-51(15-17-52)44-110-82(103)89-53(45-104-6)46-111-80(101)86-27-29-106-30-31-107-32-33-108-34-35-109-81(102)87-43-55(94)40-65-71(105-7)59-39-54(93)38-57-19-21-62-72(114-57)76-75-74(116-62)73-66(117-75)42-83(118-73,119-76)25-24-58-37-49(4)61(112-58)20-18-56-36-48(3)50(5)63(113-56)41-64(59)115-65/h14-17,22-23,47-48,53,55-66,70-76,94H,4-5,8-13,18-21,24-46H2,1-3,6-7H3,(H,86,101)(H,87,102)(H,88,98)(H,89,103)(H,90,99)(H,91,95)(H3,84,85,100)/t48-,53?,55+,56+,57?,58+,59+,60+,61?,62+,63?,64+,65-,66?,70+,71-,72+,73+,74+,75-,76+,83+/m1/s1. The van der Waals surface area contributed by atoms with Gasteiger partial charge in [-0.1, -0.05) is 52.5 Å². The summed E-state index contributed by atoms with van der Waals surface area (Å²) in [5.41, 5.74) is 8.17. The van der Waals surface area contributed by atoms with Gasteiger partial charge in [0, 0.05) is 109 Å². The van der Waals surface area contributed by atoms with E-state index in [1.165, 1.54) is 19.3 Å². The van der Waals surface area contributed by atoms with E-state index in [2.05, 4.69) is 57.3 Å². The van der Waals surface area contributed by atoms with Crippen LogP contribution in [0.1, 0.15) is 148 Å². The highest BCUT2D eigenvalue weighted by Crippen LogP contribution is 2.55. The van der Waals surface area contributed by atoms with Crippen LogP contribution in [-0.4, -0.2) is 291 Å². The smallest absolute Gasteiger partial charge is 0.407 e. The molecule has 11 aliphatic rings. The number of nitrogens with two attached hydrogens (primary N) is 1. The number of hydrogen-bond donors (Lipinski definition) is 9. The summed E-state index contributed by atoms with van der Waals surface area (Å²) in [5, 5.41) is 29.9. The van der Waals surface area contributed by atoms with Gasteiger partial charge in [0.1, 0.15) is 68.2 Å². The number of ether oxygens (including phenoxy) is 16. The minimum atomic E-state index is -1.10. The third-order valence-electron chi connectivity index (χ3n) is 23.7. The number of carbonyl (C=O) groups is 10. The minimum Gasteiger partial charge on any atom is -0.447 e. The molecule has 10 saturated heterocycles. The highest BCUT2D eigenvalue weighted by atomic mass is 16.8. The van der Waals surface area contributed by atoms with Crippen molar-refractivity contribution in [2.75, 3.05) is 105 Å². The Bertz CT molecular complexity index is 3630. The van der Waals surface area contributed by atoms with Gasteiger partial charge in [0.2, 0.25) is 17.7 Å². The zero-order valence-electron chi connectivity index (χ0n) is 69.0. The van der Waals surface area contributed by atoms with E-state index in [0.29, 0.717) is 62.6 Å². The van der Waals surface area contributed by atoms with E-state index in [-0.39, 0.29) is 227 Å². The predicted molar refractivity (Wildman–Crippen MR) is 422 cm³/mol. The lowest BCUT2D eigenvalue weighted by Crippen LogP contribution is -2.61. The molecule has 0 aliphatic carbocycles. The predicted octanol–water partition coefficient (Wildman–Crippen LogP) is 4.42. The first-order valence-corrected chi connectivity index (χ1v) is 42.2. The Labute approximate surface area is 694 Å². The molecule has 36 nitrogen and oxygen atoms in total. The van der Waals surface area contributed by atoms with Crippen LogP contribution in [0, 0.1) is 17.8 Å². The number of hydrogen-bond acceptors (Lipinski definition) is 27. The minimum absolute atomic E-state index is 0.00420. The maximum Gasteiger partial charge on any atom is 0.407 e. The van der Waals surface area contributed by atoms with Gasteiger partial charge in [-0.2, -0.15) is 0 Å². The average Bonchev–Trinajstić information content (AvgIpc) is 1.55. The molecule has 662 valence electrons. The van der Waals surface area contributed by atoms with E-state index in [9.17, 15) is 53.1 Å². The van der Waals surface area contributed by atoms with Gasteiger partial charge >= 0.3 is 24.3 Å². The maximum absolute atomic E-state index is 14.5. The lowest BCUT2D eigenvalue weighted by atomic mass is 9.81. The molecular formula is C83H123N9O27. The zero-order chi connectivity index (χ0) is 84.7. The molecule has 10 fully saturated rings. The molecule has 119 heavy (non-hydrogen) atoms. The second-order valence-corrected chi connectivity index (χ2v) is 32.9. The number of nitrogens with one attached hydrogen (secondary N) is 7. The van der Waals surface area contributed by atoms with Crippen LogP contribution < -0.4 is 43.0 Å². The summed E-state index contributed by atoms with van der Waals surface area (Å²) in [6.07, 6.45) is 3.60. The molecule has 1 aromatic carbocycles. The van der Waals surface area contributed by atoms with E-state index in [1.54, 1.807) is 45.2 Å². The quantitative estimate of drug-likeness (QED) is 0.0190. The van der Waals surface area contributed by atoms with Gasteiger partial charge in [-0.25, -0.2) is 19.2 Å². The van der Waals surface area contributed by atoms with Crippen LogP contribution in [0.4, 0.5) is 24.9 Å². The molecule has 5 unspecified atom stereocenters. The first-order chi connectivity index (χ1) is 57.3. The number of benzene rings is 1. The fourth-order valence-corrected chi connectivity index (χ4v) is 17.5. The number of alkyl carbamates (subject to hydrolysis) is 3. The Hall–Kier alpha value is -7.82. The van der Waals surface area contributed by atoms with Gasteiger partial charge in [-0.05, 0) is 111 Å². The Morgan fingerprint density at radius 2 is 1.34 bits per heavy atom. The second kappa shape index (κ2) is 44.8. The molecule has 36 heteroatoms. The number of imide groups is 1. The molecule has 0 saturated carbocycles. The number of aliphatic hydroxyl groups is 1. The largest absolute Gasteiger partial charge is 0.447 e. The van der Waals surface area contributed by atoms with E-state index in [4.69, 9.17) is 81.5 Å². The molecule has 11 heterocycles. The number of nitrogens with zero attached hydrogens (tertiary/aromatic N) is 1. The Balaban J connectivity index is 0.530. The summed E-state index contributed by atoms with van der Waals surface area (Å²) in [7, 11) is 3.00. The summed E-state index contributed by atoms with van der Waals surface area (Å²) in [4.78, 5) is 129. The number of Topliss-reactive ketones (excluding diaryl/α,β-unsaturated/α-hetero) is 1. The molecule has 22 atom stereocenters. The molecule has 12 bridgehead atoms. The molecule has 10 amide bonds. The number of aliphatic hydroxyl groups excluding tert-OH is 1. The lowest BCUT2D eigenvalue weighted by Gasteiger charge is -2.47. The van der Waals surface area contributed by atoms with Crippen molar-refractivity contribution in [3.05, 3.63) is 66.3 Å². The van der Waals surface area contributed by atoms with Crippen LogP contribution in [0.2, 0.25) is 0 Å². The van der Waals surface area contributed by atoms with E-state index >= 15 is 0 Å². The number of urea groups is 1. The number of rotatable bonds is 40. The van der Waals surface area contributed by atoms with Crippen molar-refractivity contribution in [1.82, 2.24) is 36.8 Å². The summed E-state index contributed by atoms with van der Waals surface area (Å²) < 4.78 is 98.7. The molecular weight excluding hydrogens is 1550 g/mol. The summed E-state index contributed by atoms with van der Waals surface area (Å²) in [6.45, 7) is 15.5. The molecule has 1 spiro atoms. The van der Waals surface area contributed by atoms with Gasteiger partial charge in [-0.15, -0.1) is 0 Å². The zero-order valence-corrected chi connectivity index (χ0v) is 69.0. The van der Waals surface area contributed by atoms with E-state index < -0.39 is 103 Å². The van der Waals surface area contributed by atoms with E-state index in [1.807, 2.05) is 0 Å². The average molecular weight is 1680 g/mol. The maximum atomic E-state index is 14.5. The van der Waals surface area contributed by atoms with Crippen molar-refractivity contribution in [1.29, 1.82) is 0 Å². The molecule has 12 rings (SSSR count). The molecule has 0 radical (unpaired) electrons. The second-order valence-electron chi connectivity index (χ2n) is 32.9. The van der Waals surface area contributed by atoms with Crippen molar-refractivity contribution in [2.24, 2.45) is 23.5 Å². The summed E-state index contributed by atoms with van der Waals surface area (Å²) in [6, 6.07) is 2.74. The normalized spacial score (nSPS) is 30.5. The number of anilines is 1. The van der Waals surface area contributed by atoms with Crippen LogP contribution in [0.5, 0.6) is 0 Å².